The second-order valence-corrected chi connectivity index (χ2v) is 3.97. The van der Waals surface area contributed by atoms with Crippen molar-refractivity contribution in [3.8, 4) is 0 Å². The van der Waals surface area contributed by atoms with Crippen LogP contribution in [-0.4, -0.2) is 49.4 Å². The van der Waals surface area contributed by atoms with Crippen molar-refractivity contribution >= 4 is 11.8 Å². The van der Waals surface area contributed by atoms with Gasteiger partial charge in [-0.3, -0.25) is 9.59 Å². The molecule has 0 aliphatic carbocycles. The van der Waals surface area contributed by atoms with Gasteiger partial charge < -0.3 is 18.9 Å². The van der Waals surface area contributed by atoms with E-state index in [-0.39, 0.29) is 17.9 Å². The maximum absolute atomic E-state index is 12.0. The molecule has 0 amide bonds. The number of esters is 1. The first-order valence-electron chi connectivity index (χ1n) is 5.92. The van der Waals surface area contributed by atoms with E-state index in [1.807, 2.05) is 0 Å². The Morgan fingerprint density at radius 3 is 2.79 bits per heavy atom. The van der Waals surface area contributed by atoms with Crippen molar-refractivity contribution in [1.29, 1.82) is 0 Å². The number of rotatable bonds is 7. The normalized spacial score (nSPS) is 10.3. The second-order valence-electron chi connectivity index (χ2n) is 3.97. The van der Waals surface area contributed by atoms with Crippen LogP contribution in [0.3, 0.4) is 0 Å². The molecule has 0 fully saturated rings. The van der Waals surface area contributed by atoms with E-state index in [1.54, 1.807) is 31.5 Å². The van der Waals surface area contributed by atoms with E-state index in [0.29, 0.717) is 25.5 Å². The lowest BCUT2D eigenvalue weighted by atomic mass is 10.3. The van der Waals surface area contributed by atoms with Crippen LogP contribution in [0.2, 0.25) is 0 Å². The standard InChI is InChI=1S/C12H19N3O4/c1-14-7-5-13-11(12(14)17)15(8-9-18-2)6-4-10(16)19-3/h5,7H,4,6,8-9H2,1-3H3. The summed E-state index contributed by atoms with van der Waals surface area (Å²) in [5.41, 5.74) is -0.205. The fourth-order valence-electron chi connectivity index (χ4n) is 1.55. The summed E-state index contributed by atoms with van der Waals surface area (Å²) in [5, 5.41) is 0. The lowest BCUT2D eigenvalue weighted by Gasteiger charge is -2.22. The molecule has 0 aliphatic rings. The van der Waals surface area contributed by atoms with E-state index in [9.17, 15) is 9.59 Å². The first kappa shape index (κ1) is 15.2. The number of methoxy groups -OCH3 is 2. The molecule has 0 saturated carbocycles. The van der Waals surface area contributed by atoms with Gasteiger partial charge in [0.2, 0.25) is 0 Å². The van der Waals surface area contributed by atoms with Crippen molar-refractivity contribution in [2.75, 3.05) is 38.8 Å². The van der Waals surface area contributed by atoms with Crippen LogP contribution in [0.4, 0.5) is 5.82 Å². The molecule has 0 atom stereocenters. The predicted octanol–water partition coefficient (Wildman–Crippen LogP) is -0.204. The average Bonchev–Trinajstić information content (AvgIpc) is 2.42. The van der Waals surface area contributed by atoms with Gasteiger partial charge in [0.1, 0.15) is 0 Å². The molecular formula is C12H19N3O4. The molecule has 0 aliphatic heterocycles. The average molecular weight is 269 g/mol. The fraction of sp³-hybridized carbons (Fsp3) is 0.583. The lowest BCUT2D eigenvalue weighted by molar-refractivity contribution is -0.140. The number of carbonyl (C=O) groups is 1. The molecule has 0 radical (unpaired) electrons. The zero-order chi connectivity index (χ0) is 14.3. The van der Waals surface area contributed by atoms with Crippen molar-refractivity contribution in [2.45, 2.75) is 6.42 Å². The zero-order valence-electron chi connectivity index (χ0n) is 11.5. The summed E-state index contributed by atoms with van der Waals surface area (Å²) in [5.74, 6) is -0.0128. The maximum Gasteiger partial charge on any atom is 0.307 e. The summed E-state index contributed by atoms with van der Waals surface area (Å²) in [7, 11) is 4.57. The molecule has 19 heavy (non-hydrogen) atoms. The van der Waals surface area contributed by atoms with Gasteiger partial charge in [0.25, 0.3) is 5.56 Å². The molecule has 1 aromatic rings. The summed E-state index contributed by atoms with van der Waals surface area (Å²) in [4.78, 5) is 29.0. The topological polar surface area (TPSA) is 73.7 Å². The molecule has 0 unspecified atom stereocenters. The number of carbonyl (C=O) groups excluding carboxylic acids is 1. The number of anilines is 1. The molecule has 1 heterocycles. The molecule has 1 aromatic heterocycles. The van der Waals surface area contributed by atoms with Crippen LogP contribution in [0.1, 0.15) is 6.42 Å². The summed E-state index contributed by atoms with van der Waals surface area (Å²) in [6.45, 7) is 1.29. The fourth-order valence-corrected chi connectivity index (χ4v) is 1.55. The highest BCUT2D eigenvalue weighted by Crippen LogP contribution is 2.04. The molecular weight excluding hydrogens is 250 g/mol. The van der Waals surface area contributed by atoms with Crippen LogP contribution < -0.4 is 10.5 Å². The Morgan fingerprint density at radius 2 is 2.16 bits per heavy atom. The summed E-state index contributed by atoms with van der Waals surface area (Å²) in [6.07, 6.45) is 3.33. The third-order valence-electron chi connectivity index (χ3n) is 2.68. The van der Waals surface area contributed by atoms with Gasteiger partial charge >= 0.3 is 5.97 Å². The Hall–Kier alpha value is -1.89. The second kappa shape index (κ2) is 7.52. The van der Waals surface area contributed by atoms with Crippen LogP contribution in [0.5, 0.6) is 0 Å². The quantitative estimate of drug-likeness (QED) is 0.638. The van der Waals surface area contributed by atoms with E-state index in [0.717, 1.165) is 0 Å². The Morgan fingerprint density at radius 1 is 1.42 bits per heavy atom. The molecule has 0 spiro atoms. The van der Waals surface area contributed by atoms with Gasteiger partial charge in [-0.25, -0.2) is 4.98 Å². The number of aryl methyl sites for hydroxylation is 1. The molecule has 0 saturated heterocycles. The molecule has 0 bridgehead atoms. The number of aromatic nitrogens is 2. The van der Waals surface area contributed by atoms with Gasteiger partial charge in [-0.2, -0.15) is 0 Å². The SMILES string of the molecule is COCCN(CCC(=O)OC)c1nccn(C)c1=O. The molecule has 7 nitrogen and oxygen atoms in total. The smallest absolute Gasteiger partial charge is 0.307 e. The lowest BCUT2D eigenvalue weighted by Crippen LogP contribution is -2.36. The van der Waals surface area contributed by atoms with Crippen molar-refractivity contribution in [1.82, 2.24) is 9.55 Å². The van der Waals surface area contributed by atoms with E-state index < -0.39 is 0 Å². The molecule has 0 aromatic carbocycles. The van der Waals surface area contributed by atoms with Crippen LogP contribution >= 0.6 is 0 Å². The summed E-state index contributed by atoms with van der Waals surface area (Å²) >= 11 is 0. The summed E-state index contributed by atoms with van der Waals surface area (Å²) < 4.78 is 11.0. The van der Waals surface area contributed by atoms with E-state index in [2.05, 4.69) is 9.72 Å². The van der Waals surface area contributed by atoms with Gasteiger partial charge in [-0.15, -0.1) is 0 Å². The van der Waals surface area contributed by atoms with Crippen molar-refractivity contribution < 1.29 is 14.3 Å². The predicted molar refractivity (Wildman–Crippen MR) is 70.2 cm³/mol. The Bertz CT molecular complexity index is 472. The largest absolute Gasteiger partial charge is 0.469 e. The minimum absolute atomic E-state index is 0.194. The number of ether oxygens (including phenoxy) is 2. The highest BCUT2D eigenvalue weighted by Gasteiger charge is 2.14. The van der Waals surface area contributed by atoms with Crippen molar-refractivity contribution in [3.05, 3.63) is 22.7 Å². The summed E-state index contributed by atoms with van der Waals surface area (Å²) in [6, 6.07) is 0. The van der Waals surface area contributed by atoms with Crippen LogP contribution in [0.15, 0.2) is 17.2 Å². The van der Waals surface area contributed by atoms with Gasteiger partial charge in [0, 0.05) is 39.6 Å². The van der Waals surface area contributed by atoms with Crippen molar-refractivity contribution in [3.63, 3.8) is 0 Å². The van der Waals surface area contributed by atoms with E-state index >= 15 is 0 Å². The highest BCUT2D eigenvalue weighted by molar-refractivity contribution is 5.69. The van der Waals surface area contributed by atoms with Gasteiger partial charge in [0.15, 0.2) is 5.82 Å². The monoisotopic (exact) mass is 269 g/mol. The maximum atomic E-state index is 12.0. The van der Waals surface area contributed by atoms with Crippen LogP contribution in [-0.2, 0) is 21.3 Å². The number of hydrogen-bond acceptors (Lipinski definition) is 6. The highest BCUT2D eigenvalue weighted by atomic mass is 16.5. The Labute approximate surface area is 111 Å². The van der Waals surface area contributed by atoms with Gasteiger partial charge in [0.05, 0.1) is 20.1 Å². The number of nitrogens with zero attached hydrogens (tertiary/aromatic N) is 3. The Balaban J connectivity index is 2.86. The first-order chi connectivity index (χ1) is 9.10. The third-order valence-corrected chi connectivity index (χ3v) is 2.68. The molecule has 0 N–H and O–H groups in total. The van der Waals surface area contributed by atoms with Crippen LogP contribution in [0.25, 0.3) is 0 Å². The minimum atomic E-state index is -0.324. The van der Waals surface area contributed by atoms with Gasteiger partial charge in [-0.1, -0.05) is 0 Å². The van der Waals surface area contributed by atoms with Crippen molar-refractivity contribution in [2.24, 2.45) is 7.05 Å². The molecule has 106 valence electrons. The minimum Gasteiger partial charge on any atom is -0.469 e. The van der Waals surface area contributed by atoms with E-state index in [1.165, 1.54) is 11.7 Å². The third kappa shape index (κ3) is 4.36. The number of hydrogen-bond donors (Lipinski definition) is 0. The Kier molecular flexibility index (Phi) is 6.01. The van der Waals surface area contributed by atoms with E-state index in [4.69, 9.17) is 4.74 Å². The van der Waals surface area contributed by atoms with Crippen LogP contribution in [0, 0.1) is 0 Å². The zero-order valence-corrected chi connectivity index (χ0v) is 11.5. The molecule has 1 rings (SSSR count). The molecule has 7 heteroatoms. The van der Waals surface area contributed by atoms with Gasteiger partial charge in [-0.05, 0) is 0 Å². The first-order valence-corrected chi connectivity index (χ1v) is 5.92.